The largest absolute Gasteiger partial charge is 0.349 e. The van der Waals surface area contributed by atoms with Gasteiger partial charge >= 0.3 is 0 Å². The molecule has 3 N–H and O–H groups in total. The Morgan fingerprint density at radius 1 is 1.38 bits per heavy atom. The summed E-state index contributed by atoms with van der Waals surface area (Å²) in [7, 11) is 0. The number of rotatable bonds is 4. The highest BCUT2D eigenvalue weighted by Crippen LogP contribution is 2.14. The Hall–Kier alpha value is -1.69. The lowest BCUT2D eigenvalue weighted by atomic mass is 9.94. The highest BCUT2D eigenvalue weighted by molar-refractivity contribution is 5.95. The van der Waals surface area contributed by atoms with Gasteiger partial charge in [-0.1, -0.05) is 20.8 Å². The lowest BCUT2D eigenvalue weighted by molar-refractivity contribution is 0.0911. The zero-order valence-corrected chi connectivity index (χ0v) is 13.0. The molecule has 0 bridgehead atoms. The molecule has 0 spiro atoms. The summed E-state index contributed by atoms with van der Waals surface area (Å²) < 4.78 is 0. The molecule has 0 aliphatic carbocycles. The number of nitrogens with zero attached hydrogens (tertiary/aromatic N) is 1. The SMILES string of the molecule is CCc1n[nH]c(=O)c(C(=O)NC2CCNCC2C)c1CC. The van der Waals surface area contributed by atoms with Crippen LogP contribution in [0.4, 0.5) is 0 Å². The fraction of sp³-hybridized carbons (Fsp3) is 0.667. The van der Waals surface area contributed by atoms with E-state index in [-0.39, 0.29) is 17.5 Å². The zero-order chi connectivity index (χ0) is 15.4. The van der Waals surface area contributed by atoms with Crippen LogP contribution in [-0.2, 0) is 12.8 Å². The molecule has 1 saturated heterocycles. The molecule has 2 atom stereocenters. The number of carbonyl (C=O) groups is 1. The number of H-pyrrole nitrogens is 1. The standard InChI is InChI=1S/C15H24N4O2/c1-4-10-11(5-2)18-19-15(21)13(10)14(20)17-12-6-7-16-8-9(12)3/h9,12,16H,4-8H2,1-3H3,(H,17,20)(H,19,21). The van der Waals surface area contributed by atoms with E-state index < -0.39 is 5.56 Å². The lowest BCUT2D eigenvalue weighted by Crippen LogP contribution is -2.49. The first-order valence-electron chi connectivity index (χ1n) is 7.70. The van der Waals surface area contributed by atoms with Crippen LogP contribution < -0.4 is 16.2 Å². The molecule has 1 aromatic heterocycles. The third-order valence-electron chi connectivity index (χ3n) is 4.19. The second-order valence-corrected chi connectivity index (χ2v) is 5.61. The molecule has 1 aliphatic rings. The first kappa shape index (κ1) is 15.7. The molecule has 6 heteroatoms. The summed E-state index contributed by atoms with van der Waals surface area (Å²) in [5.74, 6) is 0.0864. The van der Waals surface area contributed by atoms with Gasteiger partial charge in [0.1, 0.15) is 5.56 Å². The minimum atomic E-state index is -0.400. The van der Waals surface area contributed by atoms with Gasteiger partial charge in [0.15, 0.2) is 0 Å². The van der Waals surface area contributed by atoms with Gasteiger partial charge in [-0.3, -0.25) is 9.59 Å². The molecule has 6 nitrogen and oxygen atoms in total. The number of aromatic nitrogens is 2. The molecule has 2 unspecified atom stereocenters. The number of amides is 1. The third-order valence-corrected chi connectivity index (χ3v) is 4.19. The lowest BCUT2D eigenvalue weighted by Gasteiger charge is -2.30. The zero-order valence-electron chi connectivity index (χ0n) is 13.0. The van der Waals surface area contributed by atoms with E-state index in [0.29, 0.717) is 18.8 Å². The molecule has 2 rings (SSSR count). The highest BCUT2D eigenvalue weighted by atomic mass is 16.2. The Labute approximate surface area is 124 Å². The first-order chi connectivity index (χ1) is 10.1. The van der Waals surface area contributed by atoms with Crippen molar-refractivity contribution >= 4 is 5.91 Å². The highest BCUT2D eigenvalue weighted by Gasteiger charge is 2.26. The average molecular weight is 292 g/mol. The summed E-state index contributed by atoms with van der Waals surface area (Å²) in [5.41, 5.74) is 1.39. The second-order valence-electron chi connectivity index (χ2n) is 5.61. The van der Waals surface area contributed by atoms with Gasteiger partial charge in [-0.25, -0.2) is 5.10 Å². The maximum Gasteiger partial charge on any atom is 0.277 e. The van der Waals surface area contributed by atoms with E-state index in [1.54, 1.807) is 0 Å². The Balaban J connectivity index is 2.28. The van der Waals surface area contributed by atoms with Gasteiger partial charge in [-0.2, -0.15) is 5.10 Å². The summed E-state index contributed by atoms with van der Waals surface area (Å²) >= 11 is 0. The first-order valence-corrected chi connectivity index (χ1v) is 7.70. The maximum absolute atomic E-state index is 12.5. The summed E-state index contributed by atoms with van der Waals surface area (Å²) in [6.07, 6.45) is 2.21. The van der Waals surface area contributed by atoms with E-state index in [0.717, 1.165) is 30.8 Å². The van der Waals surface area contributed by atoms with Crippen LogP contribution in [-0.4, -0.2) is 35.2 Å². The van der Waals surface area contributed by atoms with Crippen molar-refractivity contribution in [1.82, 2.24) is 20.8 Å². The smallest absolute Gasteiger partial charge is 0.277 e. The van der Waals surface area contributed by atoms with Crippen molar-refractivity contribution < 1.29 is 4.79 Å². The predicted octanol–water partition coefficient (Wildman–Crippen LogP) is 0.623. The van der Waals surface area contributed by atoms with Crippen LogP contribution in [0, 0.1) is 5.92 Å². The van der Waals surface area contributed by atoms with E-state index in [9.17, 15) is 9.59 Å². The Morgan fingerprint density at radius 3 is 2.76 bits per heavy atom. The third kappa shape index (κ3) is 3.32. The summed E-state index contributed by atoms with van der Waals surface area (Å²) in [6.45, 7) is 7.79. The summed E-state index contributed by atoms with van der Waals surface area (Å²) in [6, 6.07) is 0.112. The van der Waals surface area contributed by atoms with Gasteiger partial charge in [0, 0.05) is 6.04 Å². The van der Waals surface area contributed by atoms with E-state index in [4.69, 9.17) is 0 Å². The molecular weight excluding hydrogens is 268 g/mol. The van der Waals surface area contributed by atoms with E-state index in [1.165, 1.54) is 0 Å². The molecule has 1 aliphatic heterocycles. The number of aryl methyl sites for hydroxylation is 1. The molecule has 21 heavy (non-hydrogen) atoms. The average Bonchev–Trinajstić information content (AvgIpc) is 2.48. The molecule has 1 aromatic rings. The molecule has 1 fully saturated rings. The van der Waals surface area contributed by atoms with Gasteiger partial charge in [0.2, 0.25) is 0 Å². The van der Waals surface area contributed by atoms with Crippen molar-refractivity contribution in [2.75, 3.05) is 13.1 Å². The minimum absolute atomic E-state index is 0.112. The van der Waals surface area contributed by atoms with Gasteiger partial charge in [-0.05, 0) is 43.8 Å². The van der Waals surface area contributed by atoms with Crippen LogP contribution >= 0.6 is 0 Å². The van der Waals surface area contributed by atoms with Crippen molar-refractivity contribution in [2.45, 2.75) is 46.1 Å². The normalized spacial score (nSPS) is 22.0. The van der Waals surface area contributed by atoms with Crippen molar-refractivity contribution in [1.29, 1.82) is 0 Å². The summed E-state index contributed by atoms with van der Waals surface area (Å²) in [5, 5.41) is 12.8. The maximum atomic E-state index is 12.5. The van der Waals surface area contributed by atoms with E-state index >= 15 is 0 Å². The number of hydrogen-bond donors (Lipinski definition) is 3. The second kappa shape index (κ2) is 6.85. The number of carbonyl (C=O) groups excluding carboxylic acids is 1. The van der Waals surface area contributed by atoms with Crippen LogP contribution in [0.5, 0.6) is 0 Å². The van der Waals surface area contributed by atoms with Crippen LogP contribution in [0.1, 0.15) is 48.8 Å². The molecule has 2 heterocycles. The van der Waals surface area contributed by atoms with Crippen molar-refractivity contribution in [3.8, 4) is 0 Å². The molecule has 1 amide bonds. The number of aromatic amines is 1. The van der Waals surface area contributed by atoms with Crippen LogP contribution in [0.15, 0.2) is 4.79 Å². The fourth-order valence-electron chi connectivity index (χ4n) is 2.91. The topological polar surface area (TPSA) is 86.9 Å². The van der Waals surface area contributed by atoms with E-state index in [1.807, 2.05) is 13.8 Å². The van der Waals surface area contributed by atoms with Gasteiger partial charge in [-0.15, -0.1) is 0 Å². The molecule has 116 valence electrons. The van der Waals surface area contributed by atoms with Gasteiger partial charge in [0.25, 0.3) is 11.5 Å². The van der Waals surface area contributed by atoms with Crippen molar-refractivity contribution in [2.24, 2.45) is 5.92 Å². The van der Waals surface area contributed by atoms with E-state index in [2.05, 4.69) is 27.8 Å². The fourth-order valence-corrected chi connectivity index (χ4v) is 2.91. The molecular formula is C15H24N4O2. The molecule has 0 radical (unpaired) electrons. The van der Waals surface area contributed by atoms with Crippen LogP contribution in [0.2, 0.25) is 0 Å². The monoisotopic (exact) mass is 292 g/mol. The van der Waals surface area contributed by atoms with Crippen LogP contribution in [0.3, 0.4) is 0 Å². The molecule has 0 aromatic carbocycles. The number of nitrogens with one attached hydrogen (secondary N) is 3. The molecule has 0 saturated carbocycles. The quantitative estimate of drug-likeness (QED) is 0.759. The number of piperidine rings is 1. The van der Waals surface area contributed by atoms with Crippen molar-refractivity contribution in [3.63, 3.8) is 0 Å². The number of hydrogen-bond acceptors (Lipinski definition) is 4. The van der Waals surface area contributed by atoms with Crippen molar-refractivity contribution in [3.05, 3.63) is 27.2 Å². The Kier molecular flexibility index (Phi) is 5.12. The van der Waals surface area contributed by atoms with Gasteiger partial charge in [0.05, 0.1) is 5.69 Å². The van der Waals surface area contributed by atoms with Crippen LogP contribution in [0.25, 0.3) is 0 Å². The Bertz CT molecular complexity index is 567. The van der Waals surface area contributed by atoms with Gasteiger partial charge < -0.3 is 10.6 Å². The Morgan fingerprint density at radius 2 is 2.14 bits per heavy atom. The predicted molar refractivity (Wildman–Crippen MR) is 81.5 cm³/mol. The minimum Gasteiger partial charge on any atom is -0.349 e. The summed E-state index contributed by atoms with van der Waals surface area (Å²) in [4.78, 5) is 24.6.